The Balaban J connectivity index is 2.31. The van der Waals surface area contributed by atoms with Gasteiger partial charge in [0.25, 0.3) is 5.56 Å². The van der Waals surface area contributed by atoms with E-state index in [1.54, 1.807) is 22.0 Å². The van der Waals surface area contributed by atoms with Gasteiger partial charge in [0.15, 0.2) is 5.16 Å². The average Bonchev–Trinajstić information content (AvgIpc) is 2.79. The molecule has 3 nitrogen and oxygen atoms in total. The van der Waals surface area contributed by atoms with Gasteiger partial charge in [-0.3, -0.25) is 9.36 Å². The van der Waals surface area contributed by atoms with Crippen molar-refractivity contribution < 1.29 is 0 Å². The summed E-state index contributed by atoms with van der Waals surface area (Å²) in [6, 6.07) is 0. The van der Waals surface area contributed by atoms with Gasteiger partial charge in [0.1, 0.15) is 4.83 Å². The van der Waals surface area contributed by atoms with Gasteiger partial charge in [0.2, 0.25) is 0 Å². The lowest BCUT2D eigenvalue weighted by Crippen LogP contribution is -2.23. The van der Waals surface area contributed by atoms with E-state index in [9.17, 15) is 4.79 Å². The molecule has 0 aliphatic heterocycles. The van der Waals surface area contributed by atoms with Gasteiger partial charge in [0, 0.05) is 11.4 Å². The van der Waals surface area contributed by atoms with Gasteiger partial charge >= 0.3 is 0 Å². The van der Waals surface area contributed by atoms with Crippen LogP contribution in [0.4, 0.5) is 0 Å². The van der Waals surface area contributed by atoms with Crippen LogP contribution in [0.2, 0.25) is 0 Å². The summed E-state index contributed by atoms with van der Waals surface area (Å²) in [5.41, 5.74) is 1.36. The highest BCUT2D eigenvalue weighted by Gasteiger charge is 2.24. The summed E-state index contributed by atoms with van der Waals surface area (Å²) in [5.74, 6) is 0.660. The van der Waals surface area contributed by atoms with Crippen LogP contribution in [-0.2, 0) is 19.4 Å². The maximum absolute atomic E-state index is 12.8. The van der Waals surface area contributed by atoms with Crippen molar-refractivity contribution in [2.75, 3.05) is 6.26 Å². The molecular formula is C15H18N2OS2. The summed E-state index contributed by atoms with van der Waals surface area (Å²) < 4.78 is 1.74. The van der Waals surface area contributed by atoms with Crippen LogP contribution in [0.25, 0.3) is 10.2 Å². The van der Waals surface area contributed by atoms with Crippen LogP contribution in [-0.4, -0.2) is 15.8 Å². The van der Waals surface area contributed by atoms with E-state index in [-0.39, 0.29) is 5.56 Å². The van der Waals surface area contributed by atoms with Crippen molar-refractivity contribution in [2.24, 2.45) is 5.92 Å². The van der Waals surface area contributed by atoms with Crippen LogP contribution in [0, 0.1) is 5.92 Å². The van der Waals surface area contributed by atoms with Gasteiger partial charge in [-0.1, -0.05) is 24.8 Å². The van der Waals surface area contributed by atoms with E-state index in [0.29, 0.717) is 12.5 Å². The Labute approximate surface area is 126 Å². The number of aromatic nitrogens is 2. The van der Waals surface area contributed by atoms with E-state index in [1.807, 2.05) is 6.26 Å². The maximum atomic E-state index is 12.8. The summed E-state index contributed by atoms with van der Waals surface area (Å²) in [6.07, 6.45) is 7.04. The van der Waals surface area contributed by atoms with Crippen LogP contribution >= 0.6 is 23.1 Å². The molecule has 3 rings (SSSR count). The number of nitrogens with zero attached hydrogens (tertiary/aromatic N) is 2. The molecule has 2 aromatic heterocycles. The number of hydrogen-bond acceptors (Lipinski definition) is 4. The molecule has 2 aromatic rings. The molecule has 0 spiro atoms. The molecule has 1 aliphatic rings. The number of fused-ring (bicyclic) bond motifs is 3. The molecule has 106 valence electrons. The molecule has 0 N–H and O–H groups in total. The zero-order chi connectivity index (χ0) is 14.3. The molecule has 0 fully saturated rings. The fourth-order valence-corrected chi connectivity index (χ4v) is 4.68. The Morgan fingerprint density at radius 3 is 3.10 bits per heavy atom. The smallest absolute Gasteiger partial charge is 0.263 e. The molecule has 0 bridgehead atoms. The lowest BCUT2D eigenvalue weighted by molar-refractivity contribution is 0.508. The van der Waals surface area contributed by atoms with Crippen molar-refractivity contribution in [3.63, 3.8) is 0 Å². The lowest BCUT2D eigenvalue weighted by atomic mass is 9.89. The second-order valence-electron chi connectivity index (χ2n) is 5.33. The fourth-order valence-electron chi connectivity index (χ4n) is 2.86. The Hall–Kier alpha value is -1.07. The second kappa shape index (κ2) is 5.37. The SMILES string of the molecule is C=CCn1c(SC)nc2sc3c(c2c1=O)C[C@@H](C)CC3. The summed E-state index contributed by atoms with van der Waals surface area (Å²) in [5, 5.41) is 1.64. The third-order valence-corrected chi connectivity index (χ3v) is 5.73. The molecule has 0 saturated carbocycles. The van der Waals surface area contributed by atoms with Crippen molar-refractivity contribution in [1.82, 2.24) is 9.55 Å². The van der Waals surface area contributed by atoms with E-state index in [4.69, 9.17) is 4.98 Å². The van der Waals surface area contributed by atoms with E-state index in [2.05, 4.69) is 13.5 Å². The standard InChI is InChI=1S/C15H18N2OS2/c1-4-7-17-14(18)12-10-8-9(2)5-6-11(10)20-13(12)16-15(17)19-3/h4,9H,1,5-8H2,2-3H3/t9-/m0/s1. The first-order valence-corrected chi connectivity index (χ1v) is 8.89. The highest BCUT2D eigenvalue weighted by atomic mass is 32.2. The van der Waals surface area contributed by atoms with Crippen LogP contribution < -0.4 is 5.56 Å². The third-order valence-electron chi connectivity index (χ3n) is 3.87. The molecule has 0 aromatic carbocycles. The molecule has 2 heterocycles. The number of hydrogen-bond donors (Lipinski definition) is 0. The number of allylic oxidation sites excluding steroid dienone is 1. The number of aryl methyl sites for hydroxylation is 1. The zero-order valence-electron chi connectivity index (χ0n) is 11.8. The topological polar surface area (TPSA) is 34.9 Å². The van der Waals surface area contributed by atoms with Crippen molar-refractivity contribution >= 4 is 33.3 Å². The lowest BCUT2D eigenvalue weighted by Gasteiger charge is -2.17. The minimum Gasteiger partial charge on any atom is -0.283 e. The summed E-state index contributed by atoms with van der Waals surface area (Å²) in [7, 11) is 0. The zero-order valence-corrected chi connectivity index (χ0v) is 13.4. The minimum absolute atomic E-state index is 0.103. The molecule has 0 saturated heterocycles. The highest BCUT2D eigenvalue weighted by molar-refractivity contribution is 7.98. The fraction of sp³-hybridized carbons (Fsp3) is 0.467. The number of thioether (sulfide) groups is 1. The molecule has 20 heavy (non-hydrogen) atoms. The Morgan fingerprint density at radius 2 is 2.40 bits per heavy atom. The van der Waals surface area contributed by atoms with Crippen LogP contribution in [0.5, 0.6) is 0 Å². The van der Waals surface area contributed by atoms with Gasteiger partial charge in [0.05, 0.1) is 5.39 Å². The summed E-state index contributed by atoms with van der Waals surface area (Å²) in [4.78, 5) is 19.8. The summed E-state index contributed by atoms with van der Waals surface area (Å²) >= 11 is 3.23. The van der Waals surface area contributed by atoms with E-state index in [1.165, 1.54) is 28.6 Å². The molecule has 0 amide bonds. The Morgan fingerprint density at radius 1 is 1.60 bits per heavy atom. The quantitative estimate of drug-likeness (QED) is 0.494. The normalized spacial score (nSPS) is 18.2. The highest BCUT2D eigenvalue weighted by Crippen LogP contribution is 2.36. The molecular weight excluding hydrogens is 288 g/mol. The predicted molar refractivity (Wildman–Crippen MR) is 87.0 cm³/mol. The third kappa shape index (κ3) is 2.13. The van der Waals surface area contributed by atoms with E-state index in [0.717, 1.165) is 28.2 Å². The predicted octanol–water partition coefficient (Wildman–Crippen LogP) is 3.49. The van der Waals surface area contributed by atoms with Crippen molar-refractivity contribution in [2.45, 2.75) is 37.9 Å². The first-order chi connectivity index (χ1) is 9.65. The van der Waals surface area contributed by atoms with E-state index >= 15 is 0 Å². The summed E-state index contributed by atoms with van der Waals surface area (Å²) in [6.45, 7) is 6.53. The molecule has 5 heteroatoms. The van der Waals surface area contributed by atoms with Gasteiger partial charge in [-0.25, -0.2) is 4.98 Å². The number of rotatable bonds is 3. The largest absolute Gasteiger partial charge is 0.283 e. The average molecular weight is 306 g/mol. The van der Waals surface area contributed by atoms with Crippen LogP contribution in [0.3, 0.4) is 0 Å². The van der Waals surface area contributed by atoms with E-state index < -0.39 is 0 Å². The minimum atomic E-state index is 0.103. The van der Waals surface area contributed by atoms with Crippen molar-refractivity contribution in [3.05, 3.63) is 33.4 Å². The maximum Gasteiger partial charge on any atom is 0.263 e. The molecule has 0 unspecified atom stereocenters. The Bertz CT molecular complexity index is 730. The van der Waals surface area contributed by atoms with Crippen molar-refractivity contribution in [1.29, 1.82) is 0 Å². The van der Waals surface area contributed by atoms with Crippen LogP contribution in [0.15, 0.2) is 22.6 Å². The van der Waals surface area contributed by atoms with Crippen LogP contribution in [0.1, 0.15) is 23.8 Å². The van der Waals surface area contributed by atoms with Gasteiger partial charge < -0.3 is 0 Å². The van der Waals surface area contributed by atoms with Gasteiger partial charge in [-0.2, -0.15) is 0 Å². The Kier molecular flexibility index (Phi) is 3.73. The molecule has 1 atom stereocenters. The second-order valence-corrected chi connectivity index (χ2v) is 7.19. The van der Waals surface area contributed by atoms with Crippen molar-refractivity contribution in [3.8, 4) is 0 Å². The first kappa shape index (κ1) is 13.9. The monoisotopic (exact) mass is 306 g/mol. The molecule has 0 radical (unpaired) electrons. The number of thiophene rings is 1. The first-order valence-electron chi connectivity index (χ1n) is 6.85. The van der Waals surface area contributed by atoms with Gasteiger partial charge in [-0.05, 0) is 37.0 Å². The molecule has 1 aliphatic carbocycles. The van der Waals surface area contributed by atoms with Gasteiger partial charge in [-0.15, -0.1) is 17.9 Å².